The number of alkyl halides is 1. The molecule has 8 heavy (non-hydrogen) atoms. The second-order valence-electron chi connectivity index (χ2n) is 1.09. The first-order valence-electron chi connectivity index (χ1n) is 2.77. The van der Waals surface area contributed by atoms with Crippen molar-refractivity contribution >= 4 is 17.8 Å². The Hall–Kier alpha value is -0.0400. The van der Waals surface area contributed by atoms with E-state index in [0.717, 1.165) is 13.0 Å². The molecule has 0 aliphatic carbocycles. The molecule has 0 aliphatic rings. The number of hydrogen-bond donors (Lipinski definition) is 0. The zero-order valence-electron chi connectivity index (χ0n) is 5.82. The molecule has 0 saturated carbocycles. The monoisotopic (exact) mass is 135 g/mol. The molecule has 0 heterocycles. The molecule has 0 rings (SSSR count). The standard InChI is InChI=1S/C5H11N.CH3Cl/c1-3-5-6-4-2;1-2/h5H,3-4H2,1-2H3;1H3. The van der Waals surface area contributed by atoms with Crippen LogP contribution in [-0.4, -0.2) is 19.1 Å². The van der Waals surface area contributed by atoms with Crippen molar-refractivity contribution in [2.24, 2.45) is 4.99 Å². The van der Waals surface area contributed by atoms with Crippen LogP contribution in [0.5, 0.6) is 0 Å². The van der Waals surface area contributed by atoms with Crippen molar-refractivity contribution in [1.82, 2.24) is 0 Å². The molecule has 0 saturated heterocycles. The molecule has 0 atom stereocenters. The molecule has 1 nitrogen and oxygen atoms in total. The predicted molar refractivity (Wildman–Crippen MR) is 41.1 cm³/mol. The van der Waals surface area contributed by atoms with Crippen molar-refractivity contribution in [1.29, 1.82) is 0 Å². The summed E-state index contributed by atoms with van der Waals surface area (Å²) in [7, 11) is 0. The van der Waals surface area contributed by atoms with Crippen molar-refractivity contribution < 1.29 is 0 Å². The Balaban J connectivity index is 0. The van der Waals surface area contributed by atoms with E-state index in [1.165, 1.54) is 6.38 Å². The first kappa shape index (κ1) is 10.9. The van der Waals surface area contributed by atoms with Gasteiger partial charge < -0.3 is 0 Å². The Kier molecular flexibility index (Phi) is 21.4. The fourth-order valence-corrected chi connectivity index (χ4v) is 0.258. The van der Waals surface area contributed by atoms with Crippen LogP contribution in [0.25, 0.3) is 0 Å². The molecule has 0 N–H and O–H groups in total. The third-order valence-corrected chi connectivity index (χ3v) is 0.494. The second kappa shape index (κ2) is 15.8. The van der Waals surface area contributed by atoms with Crippen LogP contribution in [0.15, 0.2) is 4.99 Å². The molecular formula is C6H14ClN. The minimum atomic E-state index is 0.924. The lowest BCUT2D eigenvalue weighted by Crippen LogP contribution is -1.68. The Bertz CT molecular complexity index is 37.8. The molecule has 0 bridgehead atoms. The zero-order valence-corrected chi connectivity index (χ0v) is 6.57. The van der Waals surface area contributed by atoms with Crippen LogP contribution < -0.4 is 0 Å². The first-order chi connectivity index (χ1) is 3.91. The van der Waals surface area contributed by atoms with Gasteiger partial charge in [0.05, 0.1) is 0 Å². The Morgan fingerprint density at radius 3 is 2.00 bits per heavy atom. The summed E-state index contributed by atoms with van der Waals surface area (Å²) in [5.74, 6) is 0. The van der Waals surface area contributed by atoms with Gasteiger partial charge in [0.25, 0.3) is 0 Å². The Morgan fingerprint density at radius 2 is 1.88 bits per heavy atom. The normalized spacial score (nSPS) is 8.50. The Labute approximate surface area is 56.8 Å². The van der Waals surface area contributed by atoms with Crippen LogP contribution in [0.1, 0.15) is 20.3 Å². The van der Waals surface area contributed by atoms with E-state index in [4.69, 9.17) is 0 Å². The molecule has 0 aromatic heterocycles. The van der Waals surface area contributed by atoms with Crippen molar-refractivity contribution in [2.75, 3.05) is 12.9 Å². The van der Waals surface area contributed by atoms with E-state index in [-0.39, 0.29) is 0 Å². The molecule has 50 valence electrons. The van der Waals surface area contributed by atoms with E-state index < -0.39 is 0 Å². The van der Waals surface area contributed by atoms with E-state index in [0.29, 0.717) is 0 Å². The minimum Gasteiger partial charge on any atom is -0.298 e. The van der Waals surface area contributed by atoms with Crippen LogP contribution in [0, 0.1) is 0 Å². The average molecular weight is 136 g/mol. The summed E-state index contributed by atoms with van der Waals surface area (Å²) in [4.78, 5) is 3.97. The topological polar surface area (TPSA) is 12.4 Å². The van der Waals surface area contributed by atoms with Gasteiger partial charge in [-0.1, -0.05) is 6.92 Å². The minimum absolute atomic E-state index is 0.924. The van der Waals surface area contributed by atoms with E-state index in [2.05, 4.69) is 23.5 Å². The highest BCUT2D eigenvalue weighted by atomic mass is 35.5. The van der Waals surface area contributed by atoms with Gasteiger partial charge in [0.1, 0.15) is 0 Å². The summed E-state index contributed by atoms with van der Waals surface area (Å²) in [5.41, 5.74) is 0. The molecule has 0 aliphatic heterocycles. The highest BCUT2D eigenvalue weighted by molar-refractivity contribution is 6.15. The number of halogens is 1. The smallest absolute Gasteiger partial charge is 0.0357 e. The van der Waals surface area contributed by atoms with Gasteiger partial charge in [0.2, 0.25) is 0 Å². The van der Waals surface area contributed by atoms with Gasteiger partial charge in [0.15, 0.2) is 0 Å². The molecule has 0 fully saturated rings. The van der Waals surface area contributed by atoms with Crippen molar-refractivity contribution in [3.05, 3.63) is 0 Å². The molecule has 0 aromatic rings. The molecule has 0 spiro atoms. The fraction of sp³-hybridized carbons (Fsp3) is 0.833. The van der Waals surface area contributed by atoms with E-state index in [1.807, 2.05) is 13.1 Å². The van der Waals surface area contributed by atoms with E-state index >= 15 is 0 Å². The third kappa shape index (κ3) is 16.7. The number of nitrogens with zero attached hydrogens (tertiary/aromatic N) is 1. The van der Waals surface area contributed by atoms with Crippen LogP contribution in [0.3, 0.4) is 0 Å². The maximum absolute atomic E-state index is 4.64. The van der Waals surface area contributed by atoms with Gasteiger partial charge in [-0.3, -0.25) is 4.99 Å². The van der Waals surface area contributed by atoms with Gasteiger partial charge in [-0.2, -0.15) is 0 Å². The van der Waals surface area contributed by atoms with Crippen molar-refractivity contribution in [2.45, 2.75) is 20.3 Å². The maximum Gasteiger partial charge on any atom is 0.0357 e. The molecule has 0 radical (unpaired) electrons. The lowest BCUT2D eigenvalue weighted by Gasteiger charge is -1.74. The van der Waals surface area contributed by atoms with Crippen LogP contribution >= 0.6 is 11.6 Å². The SMILES string of the molecule is CCC=NCC.CCl. The molecule has 0 amide bonds. The molecule has 2 heteroatoms. The number of aliphatic imine (C=N–C) groups is 1. The van der Waals surface area contributed by atoms with Crippen LogP contribution in [0.4, 0.5) is 0 Å². The second-order valence-corrected chi connectivity index (χ2v) is 1.09. The van der Waals surface area contributed by atoms with Crippen LogP contribution in [-0.2, 0) is 0 Å². The lowest BCUT2D eigenvalue weighted by molar-refractivity contribution is 1.12. The average Bonchev–Trinajstić information content (AvgIpc) is 1.88. The number of hydrogen-bond acceptors (Lipinski definition) is 1. The summed E-state index contributed by atoms with van der Waals surface area (Å²) in [6, 6.07) is 0. The van der Waals surface area contributed by atoms with Gasteiger partial charge in [-0.15, -0.1) is 11.6 Å². The molecular weight excluding hydrogens is 122 g/mol. The third-order valence-electron chi connectivity index (χ3n) is 0.494. The van der Waals surface area contributed by atoms with Crippen molar-refractivity contribution in [3.63, 3.8) is 0 Å². The van der Waals surface area contributed by atoms with Gasteiger partial charge in [-0.25, -0.2) is 0 Å². The summed E-state index contributed by atoms with van der Waals surface area (Å²) < 4.78 is 0. The quantitative estimate of drug-likeness (QED) is 0.407. The van der Waals surface area contributed by atoms with Crippen molar-refractivity contribution in [3.8, 4) is 0 Å². The lowest BCUT2D eigenvalue weighted by atomic mass is 10.5. The highest BCUT2D eigenvalue weighted by Crippen LogP contribution is 1.66. The summed E-state index contributed by atoms with van der Waals surface area (Å²) >= 11 is 4.64. The van der Waals surface area contributed by atoms with E-state index in [1.54, 1.807) is 0 Å². The summed E-state index contributed by atoms with van der Waals surface area (Å²) in [6.45, 7) is 5.04. The van der Waals surface area contributed by atoms with Gasteiger partial charge in [-0.05, 0) is 19.6 Å². The Morgan fingerprint density at radius 1 is 1.38 bits per heavy atom. The highest BCUT2D eigenvalue weighted by Gasteiger charge is 1.59. The van der Waals surface area contributed by atoms with E-state index in [9.17, 15) is 0 Å². The molecule has 0 unspecified atom stereocenters. The van der Waals surface area contributed by atoms with Gasteiger partial charge >= 0.3 is 0 Å². The predicted octanol–water partition coefficient (Wildman–Crippen LogP) is 2.34. The zero-order chi connectivity index (χ0) is 6.83. The first-order valence-corrected chi connectivity index (χ1v) is 3.53. The fourth-order valence-electron chi connectivity index (χ4n) is 0.258. The number of rotatable bonds is 2. The summed E-state index contributed by atoms with van der Waals surface area (Å²) in [5, 5.41) is 0. The maximum atomic E-state index is 4.64. The van der Waals surface area contributed by atoms with Gasteiger partial charge in [0, 0.05) is 12.9 Å². The summed E-state index contributed by atoms with van der Waals surface area (Å²) in [6.07, 6.45) is 4.47. The van der Waals surface area contributed by atoms with Crippen LogP contribution in [0.2, 0.25) is 0 Å². The largest absolute Gasteiger partial charge is 0.298 e. The molecule has 0 aromatic carbocycles.